The van der Waals surface area contributed by atoms with E-state index in [4.69, 9.17) is 27.9 Å². The first-order valence-corrected chi connectivity index (χ1v) is 6.53. The molecule has 0 aliphatic heterocycles. The number of methoxy groups -OCH3 is 1. The fraction of sp³-hybridized carbons (Fsp3) is 0.200. The molecule has 0 spiro atoms. The van der Waals surface area contributed by atoms with Crippen molar-refractivity contribution in [1.29, 1.82) is 0 Å². The molecule has 1 atom stereocenters. The van der Waals surface area contributed by atoms with Crippen molar-refractivity contribution in [3.63, 3.8) is 0 Å². The van der Waals surface area contributed by atoms with Crippen molar-refractivity contribution in [1.82, 2.24) is 0 Å². The molecule has 1 nitrogen and oxygen atoms in total. The van der Waals surface area contributed by atoms with Crippen LogP contribution in [0.25, 0.3) is 0 Å². The van der Waals surface area contributed by atoms with Gasteiger partial charge in [0.2, 0.25) is 0 Å². The summed E-state index contributed by atoms with van der Waals surface area (Å²) >= 11 is 12.4. The molecule has 2 aromatic rings. The Balaban J connectivity index is 2.13. The van der Waals surface area contributed by atoms with Gasteiger partial charge in [0.15, 0.2) is 0 Å². The van der Waals surface area contributed by atoms with Gasteiger partial charge in [0, 0.05) is 5.02 Å². The summed E-state index contributed by atoms with van der Waals surface area (Å²) in [5, 5.41) is 0.653. The lowest BCUT2D eigenvalue weighted by atomic mass is 10.0. The van der Waals surface area contributed by atoms with Crippen molar-refractivity contribution in [2.75, 3.05) is 7.11 Å². The maximum atomic E-state index is 6.42. The maximum absolute atomic E-state index is 6.42. The van der Waals surface area contributed by atoms with E-state index in [2.05, 4.69) is 0 Å². The Bertz CT molecular complexity index is 525. The van der Waals surface area contributed by atoms with Gasteiger partial charge in [-0.2, -0.15) is 0 Å². The highest BCUT2D eigenvalue weighted by Gasteiger charge is 2.10. The first-order chi connectivity index (χ1) is 8.69. The van der Waals surface area contributed by atoms with E-state index in [0.29, 0.717) is 0 Å². The third kappa shape index (κ3) is 3.41. The monoisotopic (exact) mass is 280 g/mol. The number of benzene rings is 2. The van der Waals surface area contributed by atoms with Gasteiger partial charge in [0.25, 0.3) is 0 Å². The number of ether oxygens (including phenoxy) is 1. The van der Waals surface area contributed by atoms with E-state index in [9.17, 15) is 0 Å². The van der Waals surface area contributed by atoms with Crippen molar-refractivity contribution in [3.8, 4) is 5.75 Å². The molecule has 0 aliphatic carbocycles. The van der Waals surface area contributed by atoms with Gasteiger partial charge in [-0.25, -0.2) is 0 Å². The molecule has 18 heavy (non-hydrogen) atoms. The van der Waals surface area contributed by atoms with Crippen LogP contribution in [-0.2, 0) is 6.42 Å². The van der Waals surface area contributed by atoms with Crippen LogP contribution in [-0.4, -0.2) is 7.11 Å². The summed E-state index contributed by atoms with van der Waals surface area (Å²) in [6, 6.07) is 15.6. The lowest BCUT2D eigenvalue weighted by molar-refractivity contribution is 0.414. The van der Waals surface area contributed by atoms with Crippen molar-refractivity contribution < 1.29 is 4.74 Å². The van der Waals surface area contributed by atoms with E-state index in [1.54, 1.807) is 7.11 Å². The van der Waals surface area contributed by atoms with Crippen molar-refractivity contribution in [2.24, 2.45) is 0 Å². The Morgan fingerprint density at radius 2 is 1.89 bits per heavy atom. The Hall–Kier alpha value is -1.18. The third-order valence-electron chi connectivity index (χ3n) is 2.76. The standard InChI is InChI=1S/C15H14Cl2O/c1-18-14-7-3-5-12(10-14)15(17)9-11-4-2-6-13(16)8-11/h2-8,10,15H,9H2,1H3. The predicted octanol–water partition coefficient (Wildman–Crippen LogP) is 4.87. The predicted molar refractivity (Wildman–Crippen MR) is 76.7 cm³/mol. The number of alkyl halides is 1. The van der Waals surface area contributed by atoms with Gasteiger partial charge in [0.05, 0.1) is 12.5 Å². The Labute approximate surface area is 117 Å². The van der Waals surface area contributed by atoms with Crippen LogP contribution in [0.1, 0.15) is 16.5 Å². The van der Waals surface area contributed by atoms with Crippen LogP contribution >= 0.6 is 23.2 Å². The summed E-state index contributed by atoms with van der Waals surface area (Å²) in [7, 11) is 1.65. The summed E-state index contributed by atoms with van der Waals surface area (Å²) in [6.45, 7) is 0. The van der Waals surface area contributed by atoms with Crippen LogP contribution in [0.2, 0.25) is 5.02 Å². The number of hydrogen-bond acceptors (Lipinski definition) is 1. The van der Waals surface area contributed by atoms with Crippen molar-refractivity contribution >= 4 is 23.2 Å². The molecular formula is C15H14Cl2O. The average Bonchev–Trinajstić information content (AvgIpc) is 2.39. The largest absolute Gasteiger partial charge is 0.497 e. The lowest BCUT2D eigenvalue weighted by Crippen LogP contribution is -1.96. The van der Waals surface area contributed by atoms with Crippen LogP contribution in [0.15, 0.2) is 48.5 Å². The first-order valence-electron chi connectivity index (χ1n) is 5.71. The molecule has 0 radical (unpaired) electrons. The first kappa shape index (κ1) is 13.3. The third-order valence-corrected chi connectivity index (χ3v) is 3.40. The van der Waals surface area contributed by atoms with E-state index in [0.717, 1.165) is 28.3 Å². The van der Waals surface area contributed by atoms with Gasteiger partial charge in [-0.3, -0.25) is 0 Å². The number of halogens is 2. The summed E-state index contributed by atoms with van der Waals surface area (Å²) in [6.07, 6.45) is 0.745. The van der Waals surface area contributed by atoms with Crippen LogP contribution < -0.4 is 4.74 Å². The molecule has 2 aromatic carbocycles. The molecule has 0 aromatic heterocycles. The highest BCUT2D eigenvalue weighted by molar-refractivity contribution is 6.30. The van der Waals surface area contributed by atoms with Gasteiger partial charge < -0.3 is 4.74 Å². The second-order valence-electron chi connectivity index (χ2n) is 4.08. The van der Waals surface area contributed by atoms with E-state index in [-0.39, 0.29) is 5.38 Å². The number of rotatable bonds is 4. The second kappa shape index (κ2) is 6.12. The SMILES string of the molecule is COc1cccc(C(Cl)Cc2cccc(Cl)c2)c1. The fourth-order valence-corrected chi connectivity index (χ4v) is 2.35. The molecule has 0 amide bonds. The molecule has 0 N–H and O–H groups in total. The van der Waals surface area contributed by atoms with Crippen LogP contribution in [0.5, 0.6) is 5.75 Å². The Kier molecular flexibility index (Phi) is 4.51. The maximum Gasteiger partial charge on any atom is 0.119 e. The van der Waals surface area contributed by atoms with E-state index >= 15 is 0 Å². The average molecular weight is 281 g/mol. The topological polar surface area (TPSA) is 9.23 Å². The molecule has 0 saturated heterocycles. The molecule has 0 bridgehead atoms. The molecule has 2 rings (SSSR count). The smallest absolute Gasteiger partial charge is 0.119 e. The molecular weight excluding hydrogens is 267 g/mol. The minimum Gasteiger partial charge on any atom is -0.497 e. The van der Waals surface area contributed by atoms with Crippen LogP contribution in [0.4, 0.5) is 0 Å². The summed E-state index contributed by atoms with van der Waals surface area (Å²) in [5.74, 6) is 0.823. The van der Waals surface area contributed by atoms with Crippen LogP contribution in [0, 0.1) is 0 Å². The molecule has 0 saturated carbocycles. The van der Waals surface area contributed by atoms with Gasteiger partial charge in [-0.15, -0.1) is 11.6 Å². The Morgan fingerprint density at radius 3 is 2.61 bits per heavy atom. The van der Waals surface area contributed by atoms with Gasteiger partial charge >= 0.3 is 0 Å². The number of hydrogen-bond donors (Lipinski definition) is 0. The normalized spacial score (nSPS) is 12.2. The second-order valence-corrected chi connectivity index (χ2v) is 5.04. The zero-order chi connectivity index (χ0) is 13.0. The highest BCUT2D eigenvalue weighted by atomic mass is 35.5. The van der Waals surface area contributed by atoms with E-state index < -0.39 is 0 Å². The lowest BCUT2D eigenvalue weighted by Gasteiger charge is -2.11. The minimum atomic E-state index is -0.0847. The highest BCUT2D eigenvalue weighted by Crippen LogP contribution is 2.28. The van der Waals surface area contributed by atoms with Gasteiger partial charge in [-0.05, 0) is 41.8 Å². The minimum absolute atomic E-state index is 0.0847. The molecule has 3 heteroatoms. The van der Waals surface area contributed by atoms with Gasteiger partial charge in [0.1, 0.15) is 5.75 Å². The zero-order valence-electron chi connectivity index (χ0n) is 10.1. The molecule has 0 heterocycles. The van der Waals surface area contributed by atoms with Crippen molar-refractivity contribution in [2.45, 2.75) is 11.8 Å². The van der Waals surface area contributed by atoms with E-state index in [1.807, 2.05) is 48.5 Å². The molecule has 1 unspecified atom stereocenters. The Morgan fingerprint density at radius 1 is 1.11 bits per heavy atom. The quantitative estimate of drug-likeness (QED) is 0.726. The molecule has 94 valence electrons. The molecule has 0 aliphatic rings. The van der Waals surface area contributed by atoms with Gasteiger partial charge in [-0.1, -0.05) is 35.9 Å². The summed E-state index contributed by atoms with van der Waals surface area (Å²) < 4.78 is 5.19. The summed E-state index contributed by atoms with van der Waals surface area (Å²) in [4.78, 5) is 0. The fourth-order valence-electron chi connectivity index (χ4n) is 1.83. The van der Waals surface area contributed by atoms with E-state index in [1.165, 1.54) is 0 Å². The van der Waals surface area contributed by atoms with Crippen molar-refractivity contribution in [3.05, 3.63) is 64.7 Å². The zero-order valence-corrected chi connectivity index (χ0v) is 11.6. The molecule has 0 fully saturated rings. The van der Waals surface area contributed by atoms with Crippen LogP contribution in [0.3, 0.4) is 0 Å². The summed E-state index contributed by atoms with van der Waals surface area (Å²) in [5.41, 5.74) is 2.18.